The lowest BCUT2D eigenvalue weighted by atomic mass is 9.87. The molecule has 3 aromatic rings. The van der Waals surface area contributed by atoms with E-state index in [4.69, 9.17) is 0 Å². The standard InChI is InChI=1S/C23H24NO2/c25-21-12-8-19(9-13-21)23(20-10-14-22(26)15-11-20)7-4-16-24-17-18-5-2-1-3-6-18/h1-6,8-15,23-26H,7,16-17H2. The summed E-state index contributed by atoms with van der Waals surface area (Å²) in [7, 11) is 0. The van der Waals surface area contributed by atoms with E-state index in [2.05, 4.69) is 23.9 Å². The van der Waals surface area contributed by atoms with Gasteiger partial charge in [-0.2, -0.15) is 0 Å². The fraction of sp³-hybridized carbons (Fsp3) is 0.174. The smallest absolute Gasteiger partial charge is 0.115 e. The van der Waals surface area contributed by atoms with Crippen LogP contribution < -0.4 is 5.32 Å². The van der Waals surface area contributed by atoms with Crippen molar-refractivity contribution in [2.75, 3.05) is 6.54 Å². The molecule has 3 heteroatoms. The van der Waals surface area contributed by atoms with Crippen LogP contribution in [-0.2, 0) is 6.54 Å². The van der Waals surface area contributed by atoms with Gasteiger partial charge in [-0.25, -0.2) is 0 Å². The van der Waals surface area contributed by atoms with Gasteiger partial charge in [-0.05, 0) is 60.3 Å². The Morgan fingerprint density at radius 3 is 1.81 bits per heavy atom. The van der Waals surface area contributed by atoms with Crippen LogP contribution >= 0.6 is 0 Å². The Hall–Kier alpha value is -2.78. The zero-order valence-corrected chi connectivity index (χ0v) is 14.7. The summed E-state index contributed by atoms with van der Waals surface area (Å²) >= 11 is 0. The van der Waals surface area contributed by atoms with Crippen LogP contribution in [0.3, 0.4) is 0 Å². The van der Waals surface area contributed by atoms with Crippen LogP contribution in [0.4, 0.5) is 0 Å². The van der Waals surface area contributed by atoms with Crippen molar-refractivity contribution >= 4 is 0 Å². The first-order chi connectivity index (χ1) is 12.7. The van der Waals surface area contributed by atoms with Crippen molar-refractivity contribution in [3.63, 3.8) is 0 Å². The zero-order valence-electron chi connectivity index (χ0n) is 14.7. The van der Waals surface area contributed by atoms with Gasteiger partial charge in [0.25, 0.3) is 0 Å². The molecule has 0 heterocycles. The summed E-state index contributed by atoms with van der Waals surface area (Å²) in [6, 6.07) is 25.0. The lowest BCUT2D eigenvalue weighted by Crippen LogP contribution is -2.16. The summed E-state index contributed by atoms with van der Waals surface area (Å²) < 4.78 is 0. The number of aromatic hydroxyl groups is 2. The third-order valence-corrected chi connectivity index (χ3v) is 4.45. The summed E-state index contributed by atoms with van der Waals surface area (Å²) in [6.07, 6.45) is 3.12. The van der Waals surface area contributed by atoms with Crippen LogP contribution in [0.2, 0.25) is 0 Å². The van der Waals surface area contributed by atoms with Gasteiger partial charge in [-0.3, -0.25) is 0 Å². The minimum Gasteiger partial charge on any atom is -0.508 e. The van der Waals surface area contributed by atoms with Gasteiger partial charge < -0.3 is 15.5 Å². The fourth-order valence-corrected chi connectivity index (χ4v) is 3.04. The Morgan fingerprint density at radius 1 is 0.731 bits per heavy atom. The van der Waals surface area contributed by atoms with Crippen molar-refractivity contribution in [1.82, 2.24) is 5.32 Å². The summed E-state index contributed by atoms with van der Waals surface area (Å²) in [6.45, 7) is 1.67. The van der Waals surface area contributed by atoms with Crippen LogP contribution in [-0.4, -0.2) is 16.8 Å². The van der Waals surface area contributed by atoms with E-state index in [1.807, 2.05) is 42.5 Å². The summed E-state index contributed by atoms with van der Waals surface area (Å²) in [4.78, 5) is 0. The number of nitrogens with one attached hydrogen (secondary N) is 1. The van der Waals surface area contributed by atoms with Crippen molar-refractivity contribution in [3.05, 3.63) is 102 Å². The first-order valence-corrected chi connectivity index (χ1v) is 8.86. The first-order valence-electron chi connectivity index (χ1n) is 8.86. The van der Waals surface area contributed by atoms with E-state index in [9.17, 15) is 10.2 Å². The van der Waals surface area contributed by atoms with E-state index in [-0.39, 0.29) is 17.4 Å². The molecule has 3 aromatic carbocycles. The molecule has 0 aliphatic rings. The molecule has 3 rings (SSSR count). The van der Waals surface area contributed by atoms with Crippen LogP contribution in [0.1, 0.15) is 29.0 Å². The molecule has 0 fully saturated rings. The number of phenols is 2. The first kappa shape index (κ1) is 18.0. The molecule has 0 saturated carbocycles. The van der Waals surface area contributed by atoms with Gasteiger partial charge >= 0.3 is 0 Å². The third kappa shape index (κ3) is 5.11. The van der Waals surface area contributed by atoms with E-state index in [0.717, 1.165) is 30.6 Å². The molecule has 1 radical (unpaired) electrons. The molecule has 0 amide bonds. The molecule has 0 saturated heterocycles. The molecular formula is C23H24NO2. The second kappa shape index (κ2) is 9.07. The second-order valence-corrected chi connectivity index (χ2v) is 6.38. The molecule has 0 spiro atoms. The highest BCUT2D eigenvalue weighted by Gasteiger charge is 2.14. The van der Waals surface area contributed by atoms with Crippen LogP contribution in [0.15, 0.2) is 78.9 Å². The van der Waals surface area contributed by atoms with Gasteiger partial charge in [0.05, 0.1) is 0 Å². The maximum atomic E-state index is 9.55. The Labute approximate surface area is 155 Å². The highest BCUT2D eigenvalue weighted by molar-refractivity contribution is 5.38. The lowest BCUT2D eigenvalue weighted by molar-refractivity contribution is 0.475. The quantitative estimate of drug-likeness (QED) is 0.522. The monoisotopic (exact) mass is 346 g/mol. The van der Waals surface area contributed by atoms with Crippen molar-refractivity contribution in [1.29, 1.82) is 0 Å². The highest BCUT2D eigenvalue weighted by atomic mass is 16.3. The van der Waals surface area contributed by atoms with E-state index < -0.39 is 0 Å². The number of phenolic OH excluding ortho intramolecular Hbond substituents is 2. The zero-order chi connectivity index (χ0) is 18.2. The Bertz CT molecular complexity index is 737. The second-order valence-electron chi connectivity index (χ2n) is 6.38. The highest BCUT2D eigenvalue weighted by Crippen LogP contribution is 2.30. The fourth-order valence-electron chi connectivity index (χ4n) is 3.04. The molecule has 3 nitrogen and oxygen atoms in total. The lowest BCUT2D eigenvalue weighted by Gasteiger charge is -2.18. The molecule has 0 unspecified atom stereocenters. The molecule has 133 valence electrons. The van der Waals surface area contributed by atoms with Crippen LogP contribution in [0.25, 0.3) is 0 Å². The maximum Gasteiger partial charge on any atom is 0.115 e. The maximum absolute atomic E-state index is 9.55. The molecule has 3 N–H and O–H groups in total. The molecule has 0 bridgehead atoms. The molecule has 0 aliphatic heterocycles. The van der Waals surface area contributed by atoms with Gasteiger partial charge in [0.15, 0.2) is 0 Å². The van der Waals surface area contributed by atoms with Gasteiger partial charge in [-0.15, -0.1) is 0 Å². The average Bonchev–Trinajstić information content (AvgIpc) is 2.67. The number of hydrogen-bond donors (Lipinski definition) is 3. The number of benzene rings is 3. The van der Waals surface area contributed by atoms with Gasteiger partial charge in [0, 0.05) is 12.5 Å². The van der Waals surface area contributed by atoms with Gasteiger partial charge in [-0.1, -0.05) is 54.6 Å². The van der Waals surface area contributed by atoms with E-state index in [1.54, 1.807) is 24.3 Å². The van der Waals surface area contributed by atoms with Crippen molar-refractivity contribution in [2.24, 2.45) is 0 Å². The molecular weight excluding hydrogens is 322 g/mol. The SMILES string of the molecule is Oc1ccc(C(C[CH]CNCc2ccccc2)c2ccc(O)cc2)cc1. The molecule has 0 atom stereocenters. The Kier molecular flexibility index (Phi) is 6.29. The van der Waals surface area contributed by atoms with Gasteiger partial charge in [0.2, 0.25) is 0 Å². The number of hydrogen-bond acceptors (Lipinski definition) is 3. The molecule has 0 aliphatic carbocycles. The molecule has 26 heavy (non-hydrogen) atoms. The minimum absolute atomic E-state index is 0.190. The minimum atomic E-state index is 0.190. The topological polar surface area (TPSA) is 52.5 Å². The third-order valence-electron chi connectivity index (χ3n) is 4.45. The Morgan fingerprint density at radius 2 is 1.27 bits per heavy atom. The van der Waals surface area contributed by atoms with Crippen molar-refractivity contribution < 1.29 is 10.2 Å². The predicted octanol–water partition coefficient (Wildman–Crippen LogP) is 4.61. The number of rotatable bonds is 8. The van der Waals surface area contributed by atoms with Crippen molar-refractivity contribution in [2.45, 2.75) is 18.9 Å². The van der Waals surface area contributed by atoms with Crippen LogP contribution in [0.5, 0.6) is 11.5 Å². The molecule has 0 aromatic heterocycles. The Balaban J connectivity index is 1.60. The predicted molar refractivity (Wildman–Crippen MR) is 105 cm³/mol. The van der Waals surface area contributed by atoms with E-state index in [0.29, 0.717) is 0 Å². The van der Waals surface area contributed by atoms with E-state index in [1.165, 1.54) is 5.56 Å². The summed E-state index contributed by atoms with van der Waals surface area (Å²) in [5, 5.41) is 22.5. The van der Waals surface area contributed by atoms with Crippen LogP contribution in [0, 0.1) is 6.42 Å². The summed E-state index contributed by atoms with van der Waals surface area (Å²) in [5.41, 5.74) is 3.56. The average molecular weight is 346 g/mol. The van der Waals surface area contributed by atoms with Gasteiger partial charge in [0.1, 0.15) is 11.5 Å². The van der Waals surface area contributed by atoms with E-state index >= 15 is 0 Å². The van der Waals surface area contributed by atoms with Crippen molar-refractivity contribution in [3.8, 4) is 11.5 Å². The largest absolute Gasteiger partial charge is 0.508 e. The normalized spacial score (nSPS) is 11.0. The summed E-state index contributed by atoms with van der Waals surface area (Å²) in [5.74, 6) is 0.730.